The molecule has 1 unspecified atom stereocenters. The van der Waals surface area contributed by atoms with Crippen molar-refractivity contribution in [2.45, 2.75) is 45.8 Å². The molecule has 1 aromatic carbocycles. The zero-order valence-corrected chi connectivity index (χ0v) is 10.3. The molecule has 0 bridgehead atoms. The lowest BCUT2D eigenvalue weighted by atomic mass is 9.95. The molecule has 2 rings (SSSR count). The Morgan fingerprint density at radius 3 is 3.12 bits per heavy atom. The monoisotopic (exact) mass is 218 g/mol. The second-order valence-corrected chi connectivity index (χ2v) is 4.67. The Bertz CT molecular complexity index is 347. The van der Waals surface area contributed by atoms with E-state index in [4.69, 9.17) is 0 Å². The molecule has 0 amide bonds. The SMILES string of the molecule is CCC(C)NCc1cccc2c1CCNC2. The molecule has 0 saturated carbocycles. The molecule has 88 valence electrons. The van der Waals surface area contributed by atoms with Gasteiger partial charge < -0.3 is 10.6 Å². The minimum atomic E-state index is 0.609. The van der Waals surface area contributed by atoms with Crippen molar-refractivity contribution in [2.24, 2.45) is 0 Å². The van der Waals surface area contributed by atoms with Crippen LogP contribution in [0.4, 0.5) is 0 Å². The predicted octanol–water partition coefficient (Wildman–Crippen LogP) is 2.22. The third-order valence-electron chi connectivity index (χ3n) is 3.49. The van der Waals surface area contributed by atoms with Gasteiger partial charge in [-0.15, -0.1) is 0 Å². The Morgan fingerprint density at radius 2 is 2.31 bits per heavy atom. The van der Waals surface area contributed by atoms with Gasteiger partial charge in [-0.05, 0) is 43.0 Å². The van der Waals surface area contributed by atoms with Crippen molar-refractivity contribution in [2.75, 3.05) is 6.54 Å². The minimum absolute atomic E-state index is 0.609. The highest BCUT2D eigenvalue weighted by molar-refractivity contribution is 5.36. The smallest absolute Gasteiger partial charge is 0.0210 e. The first-order valence-corrected chi connectivity index (χ1v) is 6.35. The van der Waals surface area contributed by atoms with E-state index >= 15 is 0 Å². The van der Waals surface area contributed by atoms with Gasteiger partial charge in [0.25, 0.3) is 0 Å². The Hall–Kier alpha value is -0.860. The van der Waals surface area contributed by atoms with Gasteiger partial charge in [-0.1, -0.05) is 25.1 Å². The van der Waals surface area contributed by atoms with E-state index in [9.17, 15) is 0 Å². The summed E-state index contributed by atoms with van der Waals surface area (Å²) >= 11 is 0. The highest BCUT2D eigenvalue weighted by atomic mass is 14.9. The molecule has 2 nitrogen and oxygen atoms in total. The number of hydrogen-bond acceptors (Lipinski definition) is 2. The van der Waals surface area contributed by atoms with Gasteiger partial charge in [0.2, 0.25) is 0 Å². The van der Waals surface area contributed by atoms with Crippen molar-refractivity contribution in [3.8, 4) is 0 Å². The van der Waals surface area contributed by atoms with Crippen LogP contribution >= 0.6 is 0 Å². The Kier molecular flexibility index (Phi) is 3.97. The van der Waals surface area contributed by atoms with Crippen molar-refractivity contribution in [3.63, 3.8) is 0 Å². The second kappa shape index (κ2) is 5.46. The summed E-state index contributed by atoms with van der Waals surface area (Å²) in [5.74, 6) is 0. The lowest BCUT2D eigenvalue weighted by molar-refractivity contribution is 0.529. The summed E-state index contributed by atoms with van der Waals surface area (Å²) in [6.45, 7) is 7.64. The van der Waals surface area contributed by atoms with E-state index in [2.05, 4.69) is 42.7 Å². The van der Waals surface area contributed by atoms with Gasteiger partial charge in [-0.25, -0.2) is 0 Å². The maximum Gasteiger partial charge on any atom is 0.0210 e. The Balaban J connectivity index is 2.08. The van der Waals surface area contributed by atoms with E-state index in [1.54, 1.807) is 5.56 Å². The van der Waals surface area contributed by atoms with E-state index in [0.717, 1.165) is 19.6 Å². The van der Waals surface area contributed by atoms with Crippen LogP contribution in [0.3, 0.4) is 0 Å². The molecule has 1 aliphatic heterocycles. The Morgan fingerprint density at radius 1 is 1.44 bits per heavy atom. The molecule has 16 heavy (non-hydrogen) atoms. The Labute approximate surface area is 98.4 Å². The summed E-state index contributed by atoms with van der Waals surface area (Å²) in [5.41, 5.74) is 4.53. The van der Waals surface area contributed by atoms with Crippen LogP contribution in [0.1, 0.15) is 37.0 Å². The molecule has 0 aliphatic carbocycles. The summed E-state index contributed by atoms with van der Waals surface area (Å²) < 4.78 is 0. The van der Waals surface area contributed by atoms with E-state index < -0.39 is 0 Å². The van der Waals surface area contributed by atoms with Gasteiger partial charge in [0, 0.05) is 19.1 Å². The zero-order valence-electron chi connectivity index (χ0n) is 10.3. The highest BCUT2D eigenvalue weighted by Crippen LogP contribution is 2.18. The number of fused-ring (bicyclic) bond motifs is 1. The molecule has 1 aliphatic rings. The van der Waals surface area contributed by atoms with Crippen LogP contribution in [0, 0.1) is 0 Å². The summed E-state index contributed by atoms with van der Waals surface area (Å²) in [6.07, 6.45) is 2.37. The van der Waals surface area contributed by atoms with Gasteiger partial charge in [-0.3, -0.25) is 0 Å². The van der Waals surface area contributed by atoms with Crippen molar-refractivity contribution in [1.82, 2.24) is 10.6 Å². The summed E-state index contributed by atoms with van der Waals surface area (Å²) in [5, 5.41) is 7.00. The standard InChI is InChI=1S/C14H22N2/c1-3-11(2)16-10-13-6-4-5-12-9-15-8-7-14(12)13/h4-6,11,15-16H,3,7-10H2,1-2H3. The van der Waals surface area contributed by atoms with Gasteiger partial charge in [0.1, 0.15) is 0 Å². The first-order valence-electron chi connectivity index (χ1n) is 6.35. The molecule has 1 aromatic rings. The van der Waals surface area contributed by atoms with Crippen molar-refractivity contribution < 1.29 is 0 Å². The number of benzene rings is 1. The molecule has 2 heteroatoms. The van der Waals surface area contributed by atoms with E-state index in [0.29, 0.717) is 6.04 Å². The number of rotatable bonds is 4. The third-order valence-corrected chi connectivity index (χ3v) is 3.49. The average Bonchev–Trinajstić information content (AvgIpc) is 2.35. The molecule has 0 radical (unpaired) electrons. The van der Waals surface area contributed by atoms with Crippen LogP contribution in [0.2, 0.25) is 0 Å². The first kappa shape index (κ1) is 11.6. The molecule has 1 heterocycles. The summed E-state index contributed by atoms with van der Waals surface area (Å²) in [7, 11) is 0. The molecule has 0 aromatic heterocycles. The molecular formula is C14H22N2. The van der Waals surface area contributed by atoms with Crippen LogP contribution in [-0.4, -0.2) is 12.6 Å². The maximum atomic E-state index is 3.58. The fraction of sp³-hybridized carbons (Fsp3) is 0.571. The van der Waals surface area contributed by atoms with E-state index in [-0.39, 0.29) is 0 Å². The van der Waals surface area contributed by atoms with Gasteiger partial charge >= 0.3 is 0 Å². The third kappa shape index (κ3) is 2.63. The van der Waals surface area contributed by atoms with Crippen molar-refractivity contribution in [1.29, 1.82) is 0 Å². The van der Waals surface area contributed by atoms with E-state index in [1.807, 2.05) is 0 Å². The minimum Gasteiger partial charge on any atom is -0.312 e. The topological polar surface area (TPSA) is 24.1 Å². The van der Waals surface area contributed by atoms with Crippen LogP contribution in [0.5, 0.6) is 0 Å². The van der Waals surface area contributed by atoms with Crippen molar-refractivity contribution >= 4 is 0 Å². The normalized spacial score (nSPS) is 16.9. The molecule has 1 atom stereocenters. The van der Waals surface area contributed by atoms with Gasteiger partial charge in [-0.2, -0.15) is 0 Å². The highest BCUT2D eigenvalue weighted by Gasteiger charge is 2.12. The molecule has 0 fully saturated rings. The summed E-state index contributed by atoms with van der Waals surface area (Å²) in [4.78, 5) is 0. The van der Waals surface area contributed by atoms with Crippen LogP contribution in [-0.2, 0) is 19.5 Å². The zero-order chi connectivity index (χ0) is 11.4. The molecule has 0 spiro atoms. The molecular weight excluding hydrogens is 196 g/mol. The fourth-order valence-corrected chi connectivity index (χ4v) is 2.21. The lowest BCUT2D eigenvalue weighted by Crippen LogP contribution is -2.28. The number of hydrogen-bond donors (Lipinski definition) is 2. The van der Waals surface area contributed by atoms with Crippen LogP contribution in [0.15, 0.2) is 18.2 Å². The van der Waals surface area contributed by atoms with Crippen molar-refractivity contribution in [3.05, 3.63) is 34.9 Å². The second-order valence-electron chi connectivity index (χ2n) is 4.67. The number of nitrogens with one attached hydrogen (secondary N) is 2. The largest absolute Gasteiger partial charge is 0.312 e. The molecule has 2 N–H and O–H groups in total. The fourth-order valence-electron chi connectivity index (χ4n) is 2.21. The van der Waals surface area contributed by atoms with E-state index in [1.165, 1.54) is 24.0 Å². The van der Waals surface area contributed by atoms with Gasteiger partial charge in [0.15, 0.2) is 0 Å². The summed E-state index contributed by atoms with van der Waals surface area (Å²) in [6, 6.07) is 7.30. The lowest BCUT2D eigenvalue weighted by Gasteiger charge is -2.21. The van der Waals surface area contributed by atoms with Crippen LogP contribution < -0.4 is 10.6 Å². The molecule has 0 saturated heterocycles. The van der Waals surface area contributed by atoms with Crippen LogP contribution in [0.25, 0.3) is 0 Å². The maximum absolute atomic E-state index is 3.58. The average molecular weight is 218 g/mol. The predicted molar refractivity (Wildman–Crippen MR) is 68.4 cm³/mol. The quantitative estimate of drug-likeness (QED) is 0.809. The van der Waals surface area contributed by atoms with Gasteiger partial charge in [0.05, 0.1) is 0 Å². The first-order chi connectivity index (χ1) is 7.81.